The molecule has 248 valence electrons. The zero-order chi connectivity index (χ0) is 33.6. The van der Waals surface area contributed by atoms with Gasteiger partial charge in [0.15, 0.2) is 0 Å². The van der Waals surface area contributed by atoms with Gasteiger partial charge in [0.2, 0.25) is 0 Å². The normalized spacial score (nSPS) is 12.7. The average molecular weight is 649 g/mol. The molecule has 0 unspecified atom stereocenters. The van der Waals surface area contributed by atoms with Gasteiger partial charge in [-0.2, -0.15) is 0 Å². The van der Waals surface area contributed by atoms with Crippen LogP contribution in [0.1, 0.15) is 48.6 Å². The summed E-state index contributed by atoms with van der Waals surface area (Å²) in [5, 5.41) is 4.00. The monoisotopic (exact) mass is 648 g/mol. The van der Waals surface area contributed by atoms with Crippen molar-refractivity contribution in [2.45, 2.75) is 46.5 Å². The van der Waals surface area contributed by atoms with Crippen LogP contribution < -0.4 is 0 Å². The molecule has 0 bridgehead atoms. The fraction of sp³-hybridized carbons (Fsp3) is 0.227. The highest BCUT2D eigenvalue weighted by Gasteiger charge is 2.19. The summed E-state index contributed by atoms with van der Waals surface area (Å²) in [7, 11) is 0. The summed E-state index contributed by atoms with van der Waals surface area (Å²) in [4.78, 5) is 6.90. The Balaban J connectivity index is 0.000000123. The number of para-hydroxylation sites is 2. The Bertz CT molecular complexity index is 2210. The molecule has 0 radical (unpaired) electrons. The molecule has 5 heteroatoms. The quantitative estimate of drug-likeness (QED) is 0.161. The predicted molar refractivity (Wildman–Crippen MR) is 203 cm³/mol. The van der Waals surface area contributed by atoms with E-state index in [1.165, 1.54) is 77.2 Å². The second-order valence-corrected chi connectivity index (χ2v) is 12.3. The third-order valence-corrected chi connectivity index (χ3v) is 9.31. The molecule has 9 rings (SSSR count). The first-order chi connectivity index (χ1) is 24.2. The molecule has 2 aromatic heterocycles. The second kappa shape index (κ2) is 15.1. The highest BCUT2D eigenvalue weighted by atomic mass is 16.8. The fourth-order valence-corrected chi connectivity index (χ4v) is 7.04. The Morgan fingerprint density at radius 2 is 1.20 bits per heavy atom. The number of fused-ring (bicyclic) bond motifs is 8. The molecule has 0 saturated heterocycles. The maximum absolute atomic E-state index is 5.08. The van der Waals surface area contributed by atoms with Gasteiger partial charge in [-0.15, -0.1) is 0 Å². The van der Waals surface area contributed by atoms with Gasteiger partial charge >= 0.3 is 0 Å². The maximum atomic E-state index is 5.08. The smallest absolute Gasteiger partial charge is 0.271 e. The Labute approximate surface area is 288 Å². The molecule has 5 nitrogen and oxygen atoms in total. The number of H-pyrrole nitrogens is 2. The summed E-state index contributed by atoms with van der Waals surface area (Å²) in [6, 6.07) is 39.2. The van der Waals surface area contributed by atoms with E-state index in [9.17, 15) is 0 Å². The molecular weight excluding hydrogens is 604 g/mol. The van der Waals surface area contributed by atoms with E-state index in [2.05, 4.69) is 131 Å². The molecule has 49 heavy (non-hydrogen) atoms. The Hall–Kier alpha value is -4.94. The van der Waals surface area contributed by atoms with Crippen molar-refractivity contribution < 1.29 is 14.2 Å². The van der Waals surface area contributed by atoms with Crippen LogP contribution >= 0.6 is 0 Å². The van der Waals surface area contributed by atoms with Gasteiger partial charge in [0.05, 0.1) is 0 Å². The summed E-state index contributed by atoms with van der Waals surface area (Å²) in [6.45, 7) is 7.10. The van der Waals surface area contributed by atoms with Crippen LogP contribution in [0.4, 0.5) is 0 Å². The lowest BCUT2D eigenvalue weighted by Gasteiger charge is -2.15. The van der Waals surface area contributed by atoms with Gasteiger partial charge in [-0.3, -0.25) is 0 Å². The number of aromatic amines is 2. The predicted octanol–water partition coefficient (Wildman–Crippen LogP) is 10.6. The number of hydrogen-bond acceptors (Lipinski definition) is 3. The summed E-state index contributed by atoms with van der Waals surface area (Å²) in [5.74, 6) is 0. The minimum absolute atomic E-state index is 0.472. The summed E-state index contributed by atoms with van der Waals surface area (Å²) < 4.78 is 15.2. The van der Waals surface area contributed by atoms with E-state index in [1.54, 1.807) is 0 Å². The lowest BCUT2D eigenvalue weighted by molar-refractivity contribution is -0.282. The lowest BCUT2D eigenvalue weighted by Crippen LogP contribution is -2.20. The zero-order valence-electron chi connectivity index (χ0n) is 28.6. The van der Waals surface area contributed by atoms with Gasteiger partial charge in [0.1, 0.15) is 0 Å². The Morgan fingerprint density at radius 1 is 0.571 bits per heavy atom. The number of ether oxygens (including phenoxy) is 3. The summed E-state index contributed by atoms with van der Waals surface area (Å²) >= 11 is 0. The third-order valence-electron chi connectivity index (χ3n) is 9.31. The van der Waals surface area contributed by atoms with Crippen molar-refractivity contribution >= 4 is 38.3 Å². The van der Waals surface area contributed by atoms with Crippen molar-refractivity contribution in [1.82, 2.24) is 9.97 Å². The second-order valence-electron chi connectivity index (χ2n) is 12.3. The molecule has 2 aliphatic carbocycles. The molecule has 0 aliphatic heterocycles. The molecule has 0 atom stereocenters. The van der Waals surface area contributed by atoms with E-state index < -0.39 is 6.48 Å². The van der Waals surface area contributed by atoms with Gasteiger partial charge in [-0.05, 0) is 109 Å². The van der Waals surface area contributed by atoms with Crippen LogP contribution in [0.25, 0.3) is 49.4 Å². The van der Waals surface area contributed by atoms with Crippen LogP contribution in [0.2, 0.25) is 0 Å². The number of allylic oxidation sites excluding steroid dienone is 2. The van der Waals surface area contributed by atoms with E-state index in [-0.39, 0.29) is 0 Å². The lowest BCUT2D eigenvalue weighted by atomic mass is 9.99. The Morgan fingerprint density at radius 3 is 1.96 bits per heavy atom. The molecule has 0 amide bonds. The largest absolute Gasteiger partial charge is 0.361 e. The van der Waals surface area contributed by atoms with Crippen LogP contribution in [0.3, 0.4) is 0 Å². The number of aromatic nitrogens is 2. The minimum Gasteiger partial charge on any atom is -0.361 e. The van der Waals surface area contributed by atoms with Gasteiger partial charge in [-0.25, -0.2) is 0 Å². The van der Waals surface area contributed by atoms with Crippen LogP contribution in [0.5, 0.6) is 0 Å². The van der Waals surface area contributed by atoms with E-state index in [4.69, 9.17) is 14.2 Å². The minimum atomic E-state index is -0.472. The first-order valence-corrected chi connectivity index (χ1v) is 17.5. The molecule has 2 aliphatic rings. The van der Waals surface area contributed by atoms with Gasteiger partial charge in [0.25, 0.3) is 6.48 Å². The molecular formula is C44H44N2O3. The van der Waals surface area contributed by atoms with E-state index in [0.29, 0.717) is 19.8 Å². The number of hydrogen-bond donors (Lipinski definition) is 2. The molecule has 2 heterocycles. The van der Waals surface area contributed by atoms with Crippen LogP contribution in [-0.4, -0.2) is 36.3 Å². The molecule has 7 aromatic rings. The van der Waals surface area contributed by atoms with Crippen LogP contribution in [0, 0.1) is 0 Å². The molecule has 2 N–H and O–H groups in total. The first-order valence-electron chi connectivity index (χ1n) is 17.5. The van der Waals surface area contributed by atoms with Crippen molar-refractivity contribution in [3.8, 4) is 11.1 Å². The number of nitrogens with one attached hydrogen (secondary N) is 2. The van der Waals surface area contributed by atoms with Crippen molar-refractivity contribution in [1.29, 1.82) is 0 Å². The van der Waals surface area contributed by atoms with E-state index in [0.717, 1.165) is 19.3 Å². The highest BCUT2D eigenvalue weighted by molar-refractivity contribution is 6.09. The highest BCUT2D eigenvalue weighted by Crippen LogP contribution is 2.40. The summed E-state index contributed by atoms with van der Waals surface area (Å²) in [5.41, 5.74) is 15.1. The zero-order valence-corrected chi connectivity index (χ0v) is 28.6. The molecule has 0 spiro atoms. The standard InChI is InChI=1S/C19H13N.C18H15N.C7H16O3/c1-2-6-14-12(5-1)9-13-10-17-15-7-3-4-8-18(15)20-19(17)11-16(13)14;1-2-6-16-13(5-1)9-10-14(16)11-15-12-19-18-8-4-3-7-17(15)18;1-4-8-7(9-5-2)10-6-3/h1-8,10-11,20H,9H2;1-8,10,12,19H,9,11H2;7H,4-6H2,1-3H3. The SMILES string of the molecule is C1=C(Cc2c[nH]c3ccccc23)c2ccccc2C1.CCOC(OCC)OCC.c1ccc2c(c1)Cc1cc3c(cc1-2)[nH]c1ccccc13. The Kier molecular flexibility index (Phi) is 10.0. The fourth-order valence-electron chi connectivity index (χ4n) is 7.04. The first kappa shape index (κ1) is 32.6. The van der Waals surface area contributed by atoms with Gasteiger partial charge in [-0.1, -0.05) is 91.0 Å². The van der Waals surface area contributed by atoms with Gasteiger partial charge < -0.3 is 24.2 Å². The number of benzene rings is 5. The maximum Gasteiger partial charge on any atom is 0.271 e. The van der Waals surface area contributed by atoms with Crippen LogP contribution in [-0.2, 0) is 33.5 Å². The van der Waals surface area contributed by atoms with Crippen molar-refractivity contribution in [2.24, 2.45) is 0 Å². The van der Waals surface area contributed by atoms with Crippen LogP contribution in [0.15, 0.2) is 121 Å². The third kappa shape index (κ3) is 6.97. The van der Waals surface area contributed by atoms with E-state index in [1.807, 2.05) is 20.8 Å². The topological polar surface area (TPSA) is 59.3 Å². The van der Waals surface area contributed by atoms with Crippen molar-refractivity contribution in [3.05, 3.63) is 149 Å². The van der Waals surface area contributed by atoms with E-state index >= 15 is 0 Å². The average Bonchev–Trinajstić information content (AvgIpc) is 3.92. The van der Waals surface area contributed by atoms with Gasteiger partial charge in [0, 0.05) is 58.7 Å². The molecule has 0 saturated carbocycles. The van der Waals surface area contributed by atoms with Crippen molar-refractivity contribution in [3.63, 3.8) is 0 Å². The summed E-state index contributed by atoms with van der Waals surface area (Å²) in [6.07, 6.45) is 7.66. The van der Waals surface area contributed by atoms with Crippen molar-refractivity contribution in [2.75, 3.05) is 19.8 Å². The number of rotatable bonds is 8. The molecule has 0 fully saturated rings. The molecule has 5 aromatic carbocycles.